The Hall–Kier alpha value is -1.34. The van der Waals surface area contributed by atoms with Crippen LogP contribution in [0.15, 0.2) is 48.6 Å². The molecule has 0 spiro atoms. The Morgan fingerprint density at radius 2 is 1.71 bits per heavy atom. The molecule has 0 saturated heterocycles. The number of hydrogen-bond acceptors (Lipinski definition) is 1. The number of ether oxygens (including phenoxy) is 1. The third-order valence-electron chi connectivity index (χ3n) is 4.41. The molecule has 1 aromatic carbocycles. The minimum absolute atomic E-state index is 0.702. The predicted molar refractivity (Wildman–Crippen MR) is 90.4 cm³/mol. The van der Waals surface area contributed by atoms with Crippen LogP contribution in [0.5, 0.6) is 0 Å². The van der Waals surface area contributed by atoms with E-state index in [4.69, 9.17) is 4.74 Å². The Labute approximate surface area is 129 Å². The zero-order valence-corrected chi connectivity index (χ0v) is 13.4. The molecule has 1 aromatic rings. The molecule has 2 rings (SSSR count). The van der Waals surface area contributed by atoms with E-state index < -0.39 is 0 Å². The lowest BCUT2D eigenvalue weighted by atomic mass is 9.78. The molecule has 114 valence electrons. The van der Waals surface area contributed by atoms with E-state index in [2.05, 4.69) is 43.3 Å². The van der Waals surface area contributed by atoms with E-state index in [0.29, 0.717) is 13.2 Å². The molecule has 0 amide bonds. The van der Waals surface area contributed by atoms with E-state index in [1.54, 1.807) is 0 Å². The average molecular weight is 284 g/mol. The van der Waals surface area contributed by atoms with E-state index in [9.17, 15) is 0 Å². The van der Waals surface area contributed by atoms with Gasteiger partial charge in [-0.3, -0.25) is 0 Å². The highest BCUT2D eigenvalue weighted by molar-refractivity contribution is 5.25. The number of hydrogen-bond donors (Lipinski definition) is 0. The lowest BCUT2D eigenvalue weighted by molar-refractivity contribution is 0.148. The fourth-order valence-electron chi connectivity index (χ4n) is 3.14. The molecule has 1 saturated carbocycles. The second-order valence-electron chi connectivity index (χ2n) is 5.96. The summed E-state index contributed by atoms with van der Waals surface area (Å²) in [5.74, 6) is 1.56. The maximum Gasteiger partial charge on any atom is 0.0721 e. The summed E-state index contributed by atoms with van der Waals surface area (Å²) >= 11 is 0. The first-order valence-corrected chi connectivity index (χ1v) is 8.24. The van der Waals surface area contributed by atoms with Crippen LogP contribution in [-0.4, -0.2) is 6.61 Å². The SMILES string of the molecule is C/C=C\C1CCC(c2ccc(COC/C=C/C)cc2)CC1. The van der Waals surface area contributed by atoms with Crippen molar-refractivity contribution in [2.45, 2.75) is 52.1 Å². The summed E-state index contributed by atoms with van der Waals surface area (Å²) in [7, 11) is 0. The van der Waals surface area contributed by atoms with Crippen molar-refractivity contribution in [1.82, 2.24) is 0 Å². The van der Waals surface area contributed by atoms with Gasteiger partial charge in [0.05, 0.1) is 13.2 Å². The van der Waals surface area contributed by atoms with Gasteiger partial charge >= 0.3 is 0 Å². The molecule has 0 N–H and O–H groups in total. The zero-order chi connectivity index (χ0) is 14.9. The van der Waals surface area contributed by atoms with Crippen molar-refractivity contribution >= 4 is 0 Å². The first-order chi connectivity index (χ1) is 10.3. The maximum absolute atomic E-state index is 5.59. The lowest BCUT2D eigenvalue weighted by Crippen LogP contribution is -2.11. The van der Waals surface area contributed by atoms with Crippen molar-refractivity contribution < 1.29 is 4.74 Å². The number of allylic oxidation sites excluding steroid dienone is 3. The molecule has 0 radical (unpaired) electrons. The van der Waals surface area contributed by atoms with Crippen LogP contribution in [0.3, 0.4) is 0 Å². The summed E-state index contributed by atoms with van der Waals surface area (Å²) in [6.07, 6.45) is 14.0. The van der Waals surface area contributed by atoms with E-state index >= 15 is 0 Å². The minimum atomic E-state index is 0.702. The van der Waals surface area contributed by atoms with Crippen molar-refractivity contribution in [3.05, 3.63) is 59.7 Å². The largest absolute Gasteiger partial charge is 0.373 e. The molecule has 1 nitrogen and oxygen atoms in total. The molecule has 1 aliphatic rings. The standard InChI is InChI=1S/C20H28O/c1-3-5-15-21-16-18-9-13-20(14-10-18)19-11-7-17(6-4-2)8-12-19/h3-6,9-10,13-14,17,19H,7-8,11-12,15-16H2,1-2H3/b5-3+,6-4-. The molecular weight excluding hydrogens is 256 g/mol. The molecule has 1 aliphatic carbocycles. The van der Waals surface area contributed by atoms with E-state index in [-0.39, 0.29) is 0 Å². The number of rotatable bonds is 6. The molecule has 1 heteroatoms. The fourth-order valence-corrected chi connectivity index (χ4v) is 3.14. The van der Waals surface area contributed by atoms with Gasteiger partial charge in [0, 0.05) is 0 Å². The van der Waals surface area contributed by atoms with Crippen LogP contribution in [-0.2, 0) is 11.3 Å². The predicted octanol–water partition coefficient (Wildman–Crippen LogP) is 5.63. The van der Waals surface area contributed by atoms with Crippen molar-refractivity contribution in [1.29, 1.82) is 0 Å². The highest BCUT2D eigenvalue weighted by Crippen LogP contribution is 2.36. The van der Waals surface area contributed by atoms with Crippen LogP contribution in [0.4, 0.5) is 0 Å². The average Bonchev–Trinajstić information content (AvgIpc) is 2.53. The Kier molecular flexibility index (Phi) is 6.75. The van der Waals surface area contributed by atoms with Crippen LogP contribution in [0.25, 0.3) is 0 Å². The monoisotopic (exact) mass is 284 g/mol. The minimum Gasteiger partial charge on any atom is -0.373 e. The highest BCUT2D eigenvalue weighted by Gasteiger charge is 2.20. The van der Waals surface area contributed by atoms with Gasteiger partial charge in [-0.05, 0) is 62.5 Å². The van der Waals surface area contributed by atoms with Gasteiger partial charge < -0.3 is 4.74 Å². The molecule has 0 bridgehead atoms. The van der Waals surface area contributed by atoms with E-state index in [1.807, 2.05) is 19.1 Å². The Balaban J connectivity index is 1.82. The van der Waals surface area contributed by atoms with Crippen LogP contribution in [0.1, 0.15) is 56.6 Å². The van der Waals surface area contributed by atoms with Crippen molar-refractivity contribution in [2.75, 3.05) is 6.61 Å². The maximum atomic E-state index is 5.59. The van der Waals surface area contributed by atoms with Gasteiger partial charge in [-0.25, -0.2) is 0 Å². The van der Waals surface area contributed by atoms with Crippen molar-refractivity contribution in [3.63, 3.8) is 0 Å². The summed E-state index contributed by atoms with van der Waals surface area (Å²) in [5, 5.41) is 0. The van der Waals surface area contributed by atoms with E-state index in [0.717, 1.165) is 11.8 Å². The van der Waals surface area contributed by atoms with Crippen LogP contribution in [0.2, 0.25) is 0 Å². The van der Waals surface area contributed by atoms with Gasteiger partial charge in [0.15, 0.2) is 0 Å². The molecule has 21 heavy (non-hydrogen) atoms. The smallest absolute Gasteiger partial charge is 0.0721 e. The summed E-state index contributed by atoms with van der Waals surface area (Å²) in [6.45, 7) is 5.55. The number of benzene rings is 1. The highest BCUT2D eigenvalue weighted by atomic mass is 16.5. The van der Waals surface area contributed by atoms with Gasteiger partial charge in [-0.1, -0.05) is 48.6 Å². The van der Waals surface area contributed by atoms with Gasteiger partial charge in [0.25, 0.3) is 0 Å². The molecule has 0 aliphatic heterocycles. The quantitative estimate of drug-likeness (QED) is 0.486. The van der Waals surface area contributed by atoms with Gasteiger partial charge in [-0.2, -0.15) is 0 Å². The second-order valence-corrected chi connectivity index (χ2v) is 5.96. The van der Waals surface area contributed by atoms with Gasteiger partial charge in [-0.15, -0.1) is 0 Å². The van der Waals surface area contributed by atoms with Gasteiger partial charge in [0.1, 0.15) is 0 Å². The third kappa shape index (κ3) is 5.17. The van der Waals surface area contributed by atoms with Crippen LogP contribution >= 0.6 is 0 Å². The topological polar surface area (TPSA) is 9.23 Å². The molecule has 0 heterocycles. The summed E-state index contributed by atoms with van der Waals surface area (Å²) < 4.78 is 5.59. The molecule has 0 atom stereocenters. The van der Waals surface area contributed by atoms with Gasteiger partial charge in [0.2, 0.25) is 0 Å². The molecule has 1 fully saturated rings. The Morgan fingerprint density at radius 1 is 1.00 bits per heavy atom. The van der Waals surface area contributed by atoms with Crippen molar-refractivity contribution in [3.8, 4) is 0 Å². The molecular formula is C20H28O. The first-order valence-electron chi connectivity index (χ1n) is 8.24. The Bertz CT molecular complexity index is 447. The molecule has 0 unspecified atom stereocenters. The Morgan fingerprint density at radius 3 is 2.33 bits per heavy atom. The van der Waals surface area contributed by atoms with E-state index in [1.165, 1.54) is 36.8 Å². The summed E-state index contributed by atoms with van der Waals surface area (Å²) in [5.41, 5.74) is 2.77. The third-order valence-corrected chi connectivity index (χ3v) is 4.41. The zero-order valence-electron chi connectivity index (χ0n) is 13.4. The first kappa shape index (κ1) is 16.0. The second kappa shape index (κ2) is 8.84. The van der Waals surface area contributed by atoms with Crippen molar-refractivity contribution in [2.24, 2.45) is 5.92 Å². The molecule has 0 aromatic heterocycles. The summed E-state index contributed by atoms with van der Waals surface area (Å²) in [6, 6.07) is 9.05. The van der Waals surface area contributed by atoms with Crippen LogP contribution < -0.4 is 0 Å². The normalized spacial score (nSPS) is 23.1. The summed E-state index contributed by atoms with van der Waals surface area (Å²) in [4.78, 5) is 0. The fraction of sp³-hybridized carbons (Fsp3) is 0.500. The van der Waals surface area contributed by atoms with Crippen LogP contribution in [0, 0.1) is 5.92 Å². The lowest BCUT2D eigenvalue weighted by Gasteiger charge is -2.27.